The number of hydrogen-bond donors (Lipinski definition) is 2. The Hall–Kier alpha value is -2.78. The molecule has 2 amide bonds. The highest BCUT2D eigenvalue weighted by Gasteiger charge is 2.18. The molecule has 2 rings (SSSR count). The van der Waals surface area contributed by atoms with E-state index < -0.39 is 27.7 Å². The lowest BCUT2D eigenvalue weighted by Crippen LogP contribution is -2.35. The molecule has 0 saturated heterocycles. The van der Waals surface area contributed by atoms with E-state index in [4.69, 9.17) is 0 Å². The van der Waals surface area contributed by atoms with Gasteiger partial charge < -0.3 is 10.2 Å². The topological polar surface area (TPSA) is 95.6 Å². The maximum Gasteiger partial charge on any atom is 0.254 e. The molecule has 0 aliphatic heterocycles. The Morgan fingerprint density at radius 1 is 1.12 bits per heavy atom. The van der Waals surface area contributed by atoms with E-state index in [1.165, 1.54) is 62.6 Å². The number of hydrogen-bond acceptors (Lipinski definition) is 4. The van der Waals surface area contributed by atoms with Gasteiger partial charge in [0.25, 0.3) is 5.91 Å². The maximum absolute atomic E-state index is 12.9. The molecule has 0 aromatic heterocycles. The molecule has 138 valence electrons. The fourth-order valence-corrected chi connectivity index (χ4v) is 2.93. The predicted octanol–water partition coefficient (Wildman–Crippen LogP) is 1.44. The summed E-state index contributed by atoms with van der Waals surface area (Å²) >= 11 is 0. The lowest BCUT2D eigenvalue weighted by atomic mass is 10.2. The van der Waals surface area contributed by atoms with E-state index in [0.717, 1.165) is 4.90 Å². The van der Waals surface area contributed by atoms with E-state index in [1.54, 1.807) is 0 Å². The number of nitrogens with one attached hydrogen (secondary N) is 2. The van der Waals surface area contributed by atoms with Crippen LogP contribution in [-0.2, 0) is 14.8 Å². The molecular weight excluding hydrogens is 361 g/mol. The van der Waals surface area contributed by atoms with Gasteiger partial charge in [-0.1, -0.05) is 6.07 Å². The predicted molar refractivity (Wildman–Crippen MR) is 94.7 cm³/mol. The smallest absolute Gasteiger partial charge is 0.254 e. The zero-order valence-corrected chi connectivity index (χ0v) is 15.0. The van der Waals surface area contributed by atoms with Gasteiger partial charge in [-0.2, -0.15) is 0 Å². The molecule has 0 aliphatic rings. The summed E-state index contributed by atoms with van der Waals surface area (Å²) in [5.41, 5.74) is 0.540. The van der Waals surface area contributed by atoms with Crippen LogP contribution in [0.2, 0.25) is 0 Å². The first-order chi connectivity index (χ1) is 12.2. The van der Waals surface area contributed by atoms with Gasteiger partial charge in [0.2, 0.25) is 15.9 Å². The fourth-order valence-electron chi connectivity index (χ4n) is 2.16. The summed E-state index contributed by atoms with van der Waals surface area (Å²) in [6, 6.07) is 10.7. The molecule has 0 fully saturated rings. The molecule has 2 N–H and O–H groups in total. The lowest BCUT2D eigenvalue weighted by molar-refractivity contribution is -0.116. The van der Waals surface area contributed by atoms with Crippen LogP contribution in [0.3, 0.4) is 0 Å². The molecule has 9 heteroatoms. The van der Waals surface area contributed by atoms with Gasteiger partial charge in [0.05, 0.1) is 11.4 Å². The monoisotopic (exact) mass is 379 g/mol. The number of amides is 2. The van der Waals surface area contributed by atoms with Crippen LogP contribution in [0.15, 0.2) is 53.4 Å². The van der Waals surface area contributed by atoms with E-state index >= 15 is 0 Å². The number of halogens is 1. The summed E-state index contributed by atoms with van der Waals surface area (Å²) in [5, 5.41) is 2.55. The first kappa shape index (κ1) is 19.5. The van der Waals surface area contributed by atoms with Crippen LogP contribution in [0.1, 0.15) is 10.4 Å². The van der Waals surface area contributed by atoms with Gasteiger partial charge in [-0.05, 0) is 49.5 Å². The Bertz CT molecular complexity index is 914. The largest absolute Gasteiger partial charge is 0.332 e. The molecule has 0 atom stereocenters. The number of carbonyl (C=O) groups excluding carboxylic acids is 2. The Morgan fingerprint density at radius 2 is 1.77 bits per heavy atom. The highest BCUT2D eigenvalue weighted by Crippen LogP contribution is 2.13. The lowest BCUT2D eigenvalue weighted by Gasteiger charge is -2.17. The van der Waals surface area contributed by atoms with Crippen molar-refractivity contribution in [1.82, 2.24) is 9.62 Å². The van der Waals surface area contributed by atoms with E-state index in [9.17, 15) is 22.4 Å². The first-order valence-corrected chi connectivity index (χ1v) is 9.06. The molecule has 2 aromatic carbocycles. The summed E-state index contributed by atoms with van der Waals surface area (Å²) in [6.45, 7) is -0.251. The molecule has 0 saturated carbocycles. The van der Waals surface area contributed by atoms with Crippen LogP contribution in [0.5, 0.6) is 0 Å². The number of rotatable bonds is 6. The quantitative estimate of drug-likeness (QED) is 0.794. The van der Waals surface area contributed by atoms with Crippen molar-refractivity contribution >= 4 is 27.5 Å². The molecule has 26 heavy (non-hydrogen) atoms. The van der Waals surface area contributed by atoms with E-state index in [2.05, 4.69) is 10.0 Å². The summed E-state index contributed by atoms with van der Waals surface area (Å²) in [6.07, 6.45) is 0. The Morgan fingerprint density at radius 3 is 2.38 bits per heavy atom. The second-order valence-electron chi connectivity index (χ2n) is 5.45. The van der Waals surface area contributed by atoms with Crippen LogP contribution in [0.4, 0.5) is 10.1 Å². The van der Waals surface area contributed by atoms with Gasteiger partial charge in [-0.25, -0.2) is 17.5 Å². The second kappa shape index (κ2) is 8.07. The SMILES string of the molecule is CNS(=O)(=O)c1cccc(C(=O)N(C)CC(=O)Nc2ccc(F)cc2)c1. The van der Waals surface area contributed by atoms with Crippen LogP contribution in [-0.4, -0.2) is 45.8 Å². The number of carbonyl (C=O) groups is 2. The van der Waals surface area contributed by atoms with E-state index in [1.807, 2.05) is 0 Å². The van der Waals surface area contributed by atoms with Crippen molar-refractivity contribution in [2.24, 2.45) is 0 Å². The second-order valence-corrected chi connectivity index (χ2v) is 7.34. The van der Waals surface area contributed by atoms with Crippen molar-refractivity contribution in [3.8, 4) is 0 Å². The van der Waals surface area contributed by atoms with Crippen LogP contribution in [0, 0.1) is 5.82 Å². The Kier molecular flexibility index (Phi) is 6.06. The maximum atomic E-state index is 12.9. The van der Waals surface area contributed by atoms with Crippen molar-refractivity contribution < 1.29 is 22.4 Å². The minimum absolute atomic E-state index is 0.0463. The molecular formula is C17H18FN3O4S. The highest BCUT2D eigenvalue weighted by molar-refractivity contribution is 7.89. The third-order valence-electron chi connectivity index (χ3n) is 3.52. The molecule has 7 nitrogen and oxygen atoms in total. The van der Waals surface area contributed by atoms with Crippen molar-refractivity contribution in [3.05, 3.63) is 59.9 Å². The van der Waals surface area contributed by atoms with E-state index in [0.29, 0.717) is 5.69 Å². The number of sulfonamides is 1. The standard InChI is InChI=1S/C17H18FN3O4S/c1-19-26(24,25)15-5-3-4-12(10-15)17(23)21(2)11-16(22)20-14-8-6-13(18)7-9-14/h3-10,19H,11H2,1-2H3,(H,20,22). The Labute approximate surface area is 150 Å². The van der Waals surface area contributed by atoms with Gasteiger partial charge in [0.1, 0.15) is 5.82 Å². The number of benzene rings is 2. The first-order valence-electron chi connectivity index (χ1n) is 7.57. The van der Waals surface area contributed by atoms with Crippen molar-refractivity contribution in [3.63, 3.8) is 0 Å². The summed E-state index contributed by atoms with van der Waals surface area (Å²) < 4.78 is 38.7. The molecule has 0 unspecified atom stereocenters. The number of nitrogens with zero attached hydrogens (tertiary/aromatic N) is 1. The summed E-state index contributed by atoms with van der Waals surface area (Å²) in [5.74, 6) is -1.40. The van der Waals surface area contributed by atoms with Crippen molar-refractivity contribution in [2.45, 2.75) is 4.90 Å². The highest BCUT2D eigenvalue weighted by atomic mass is 32.2. The molecule has 0 heterocycles. The van der Waals surface area contributed by atoms with Crippen molar-refractivity contribution in [2.75, 3.05) is 26.0 Å². The zero-order valence-electron chi connectivity index (χ0n) is 14.2. The summed E-state index contributed by atoms with van der Waals surface area (Å²) in [7, 11) is -0.982. The van der Waals surface area contributed by atoms with Gasteiger partial charge in [-0.3, -0.25) is 9.59 Å². The van der Waals surface area contributed by atoms with Crippen LogP contribution < -0.4 is 10.0 Å². The van der Waals surface area contributed by atoms with Gasteiger partial charge >= 0.3 is 0 Å². The molecule has 0 radical (unpaired) electrons. The fraction of sp³-hybridized carbons (Fsp3) is 0.176. The molecule has 0 bridgehead atoms. The van der Waals surface area contributed by atoms with Crippen molar-refractivity contribution in [1.29, 1.82) is 0 Å². The molecule has 0 aliphatic carbocycles. The van der Waals surface area contributed by atoms with Crippen LogP contribution >= 0.6 is 0 Å². The normalized spacial score (nSPS) is 11.0. The van der Waals surface area contributed by atoms with Gasteiger partial charge in [0.15, 0.2) is 0 Å². The summed E-state index contributed by atoms with van der Waals surface area (Å²) in [4.78, 5) is 25.5. The van der Waals surface area contributed by atoms with E-state index in [-0.39, 0.29) is 17.0 Å². The average Bonchev–Trinajstić information content (AvgIpc) is 2.63. The molecule has 2 aromatic rings. The Balaban J connectivity index is 2.06. The zero-order chi connectivity index (χ0) is 19.3. The minimum Gasteiger partial charge on any atom is -0.332 e. The number of anilines is 1. The van der Waals surface area contributed by atoms with Gasteiger partial charge in [0, 0.05) is 18.3 Å². The average molecular weight is 379 g/mol. The minimum atomic E-state index is -3.68. The third-order valence-corrected chi connectivity index (χ3v) is 4.93. The number of likely N-dealkylation sites (N-methyl/N-ethyl adjacent to an activating group) is 1. The molecule has 0 spiro atoms. The van der Waals surface area contributed by atoms with Crippen LogP contribution in [0.25, 0.3) is 0 Å². The van der Waals surface area contributed by atoms with Gasteiger partial charge in [-0.15, -0.1) is 0 Å². The third kappa shape index (κ3) is 4.87.